The number of piperidine rings is 1. The van der Waals surface area contributed by atoms with Gasteiger partial charge in [0.15, 0.2) is 9.84 Å². The smallest absolute Gasteiger partial charge is 0.410 e. The molecule has 8 nitrogen and oxygen atoms in total. The van der Waals surface area contributed by atoms with Gasteiger partial charge in [0.1, 0.15) is 11.4 Å². The number of benzene rings is 3. The first-order valence-corrected chi connectivity index (χ1v) is 17.2. The summed E-state index contributed by atoms with van der Waals surface area (Å²) < 4.78 is 50.6. The van der Waals surface area contributed by atoms with E-state index in [0.29, 0.717) is 38.2 Å². The van der Waals surface area contributed by atoms with Crippen LogP contribution in [-0.4, -0.2) is 60.6 Å². The number of rotatable bonds is 6. The van der Waals surface area contributed by atoms with Gasteiger partial charge in [-0.1, -0.05) is 29.8 Å². The van der Waals surface area contributed by atoms with Crippen LogP contribution in [0, 0.1) is 12.7 Å². The minimum Gasteiger partial charge on any atom is -0.481 e. The Balaban J connectivity index is 1.71. The van der Waals surface area contributed by atoms with Gasteiger partial charge in [-0.05, 0) is 99.3 Å². The van der Waals surface area contributed by atoms with Gasteiger partial charge in [-0.15, -0.1) is 0 Å². The van der Waals surface area contributed by atoms with Crippen molar-refractivity contribution in [2.45, 2.75) is 68.6 Å². The molecule has 1 aliphatic rings. The summed E-state index contributed by atoms with van der Waals surface area (Å²) >= 11 is 6.49. The normalized spacial score (nSPS) is 19.6. The summed E-state index contributed by atoms with van der Waals surface area (Å²) in [5, 5.41) is 13.8. The minimum atomic E-state index is -3.51. The number of hydrogen-bond donors (Lipinski definition) is 1. The summed E-state index contributed by atoms with van der Waals surface area (Å²) in [5.74, 6) is -0.931. The van der Waals surface area contributed by atoms with Crippen molar-refractivity contribution < 1.29 is 32.2 Å². The van der Waals surface area contributed by atoms with Crippen molar-refractivity contribution in [1.82, 2.24) is 9.88 Å². The maximum atomic E-state index is 14.2. The van der Waals surface area contributed by atoms with Crippen molar-refractivity contribution in [1.29, 1.82) is 0 Å². The fourth-order valence-electron chi connectivity index (χ4n) is 6.33. The molecular weight excluding hydrogens is 631 g/mol. The molecule has 0 aliphatic carbocycles. The van der Waals surface area contributed by atoms with Gasteiger partial charge in [0.25, 0.3) is 0 Å². The first-order valence-electron chi connectivity index (χ1n) is 14.9. The number of carbonyl (C=O) groups excluding carboxylic acids is 1. The lowest BCUT2D eigenvalue weighted by Gasteiger charge is -2.48. The maximum Gasteiger partial charge on any atom is 0.410 e. The molecule has 244 valence electrons. The Labute approximate surface area is 274 Å². The molecule has 0 bridgehead atoms. The molecule has 0 saturated carbocycles. The SMILES string of the molecule is COc1nc2ccc(S(C)(=O)=O)cc2cc1C(c1cccc(Cl)c1)C1(O)CCN(C(=O)OC(C)(C)C)C(c2ccc(F)cc2C)C1. The Morgan fingerprint density at radius 3 is 2.50 bits per heavy atom. The van der Waals surface area contributed by atoms with E-state index in [1.165, 1.54) is 25.3 Å². The number of carbonyl (C=O) groups is 1. The van der Waals surface area contributed by atoms with E-state index in [-0.39, 0.29) is 30.2 Å². The zero-order valence-corrected chi connectivity index (χ0v) is 28.2. The number of halogens is 2. The van der Waals surface area contributed by atoms with Gasteiger partial charge >= 0.3 is 6.09 Å². The van der Waals surface area contributed by atoms with Crippen molar-refractivity contribution in [3.63, 3.8) is 0 Å². The number of aliphatic hydroxyl groups is 1. The van der Waals surface area contributed by atoms with E-state index in [9.17, 15) is 22.7 Å². The number of methoxy groups -OCH3 is 1. The number of sulfone groups is 1. The molecule has 0 radical (unpaired) electrons. The molecule has 1 fully saturated rings. The standard InChI is InChI=1S/C35H38ClFN2O6S/c1-21-16-25(37)10-12-27(21)30-20-35(41,14-15-39(30)33(40)45-34(2,3)4)31(22-8-7-9-24(36)17-22)28-19-23-18-26(46(6,42)43)11-13-29(23)38-32(28)44-5/h7-13,16-19,30-31,41H,14-15,20H2,1-6H3. The second kappa shape index (κ2) is 12.5. The topological polar surface area (TPSA) is 106 Å². The predicted molar refractivity (Wildman–Crippen MR) is 176 cm³/mol. The van der Waals surface area contributed by atoms with Crippen LogP contribution >= 0.6 is 11.6 Å². The van der Waals surface area contributed by atoms with Crippen molar-refractivity contribution in [2.24, 2.45) is 0 Å². The van der Waals surface area contributed by atoms with E-state index >= 15 is 0 Å². The molecule has 3 aromatic carbocycles. The second-order valence-corrected chi connectivity index (χ2v) is 15.4. The largest absolute Gasteiger partial charge is 0.481 e. The number of hydrogen-bond acceptors (Lipinski definition) is 7. The number of ether oxygens (including phenoxy) is 2. The predicted octanol–water partition coefficient (Wildman–Crippen LogP) is 7.38. The molecule has 4 aromatic rings. The van der Waals surface area contributed by atoms with Crippen LogP contribution in [0.2, 0.25) is 5.02 Å². The Bertz CT molecular complexity index is 1910. The quantitative estimate of drug-likeness (QED) is 0.228. The molecule has 1 N–H and O–H groups in total. The molecule has 1 saturated heterocycles. The Morgan fingerprint density at radius 1 is 1.13 bits per heavy atom. The number of aromatic nitrogens is 1. The van der Waals surface area contributed by atoms with Gasteiger partial charge in [0.05, 0.1) is 29.2 Å². The lowest BCUT2D eigenvalue weighted by Crippen LogP contribution is -2.52. The Kier molecular flexibility index (Phi) is 9.11. The molecule has 11 heteroatoms. The highest BCUT2D eigenvalue weighted by molar-refractivity contribution is 7.90. The van der Waals surface area contributed by atoms with E-state index in [2.05, 4.69) is 0 Å². The summed E-state index contributed by atoms with van der Waals surface area (Å²) in [6.07, 6.45) is 0.797. The van der Waals surface area contributed by atoms with Crippen LogP contribution in [0.15, 0.2) is 71.6 Å². The van der Waals surface area contributed by atoms with Crippen LogP contribution in [0.5, 0.6) is 5.88 Å². The van der Waals surface area contributed by atoms with Crippen LogP contribution in [0.3, 0.4) is 0 Å². The zero-order valence-electron chi connectivity index (χ0n) is 26.7. The number of pyridine rings is 1. The average Bonchev–Trinajstić information content (AvgIpc) is 2.95. The second-order valence-electron chi connectivity index (χ2n) is 12.9. The Hall–Kier alpha value is -3.73. The third-order valence-corrected chi connectivity index (χ3v) is 9.70. The molecule has 2 heterocycles. The van der Waals surface area contributed by atoms with E-state index in [0.717, 1.165) is 6.26 Å². The highest BCUT2D eigenvalue weighted by Crippen LogP contribution is 2.50. The maximum absolute atomic E-state index is 14.2. The highest BCUT2D eigenvalue weighted by Gasteiger charge is 2.49. The fraction of sp³-hybridized carbons (Fsp3) is 0.371. The third kappa shape index (κ3) is 6.99. The summed E-state index contributed by atoms with van der Waals surface area (Å²) in [6.45, 7) is 7.25. The monoisotopic (exact) mass is 668 g/mol. The number of likely N-dealkylation sites (tertiary alicyclic amines) is 1. The van der Waals surface area contributed by atoms with Crippen LogP contribution in [0.25, 0.3) is 10.9 Å². The molecule has 1 aliphatic heterocycles. The lowest BCUT2D eigenvalue weighted by molar-refractivity contribution is -0.0643. The third-order valence-electron chi connectivity index (χ3n) is 8.36. The van der Waals surface area contributed by atoms with Crippen molar-refractivity contribution in [3.8, 4) is 5.88 Å². The molecule has 5 rings (SSSR count). The number of amides is 1. The zero-order chi connectivity index (χ0) is 33.6. The van der Waals surface area contributed by atoms with Gasteiger partial charge < -0.3 is 19.5 Å². The molecule has 3 unspecified atom stereocenters. The molecule has 1 aromatic heterocycles. The minimum absolute atomic E-state index is 0.0560. The molecule has 46 heavy (non-hydrogen) atoms. The average molecular weight is 669 g/mol. The number of fused-ring (bicyclic) bond motifs is 1. The van der Waals surface area contributed by atoms with E-state index < -0.39 is 44.9 Å². The first kappa shape index (κ1) is 33.6. The Morgan fingerprint density at radius 2 is 1.87 bits per heavy atom. The molecule has 1 amide bonds. The summed E-state index contributed by atoms with van der Waals surface area (Å²) in [7, 11) is -2.02. The number of nitrogens with zero attached hydrogens (tertiary/aromatic N) is 2. The number of aryl methyl sites for hydroxylation is 1. The molecule has 0 spiro atoms. The van der Waals surface area contributed by atoms with Gasteiger partial charge in [0.2, 0.25) is 5.88 Å². The van der Waals surface area contributed by atoms with Crippen LogP contribution < -0.4 is 4.74 Å². The van der Waals surface area contributed by atoms with Crippen LogP contribution in [0.1, 0.15) is 67.8 Å². The van der Waals surface area contributed by atoms with Gasteiger partial charge in [-0.2, -0.15) is 0 Å². The van der Waals surface area contributed by atoms with E-state index in [1.807, 2.05) is 6.07 Å². The molecule has 3 atom stereocenters. The lowest BCUT2D eigenvalue weighted by atomic mass is 9.69. The summed E-state index contributed by atoms with van der Waals surface area (Å²) in [5.41, 5.74) is 0.748. The first-order chi connectivity index (χ1) is 21.5. The summed E-state index contributed by atoms with van der Waals surface area (Å²) in [6, 6.07) is 17.3. The van der Waals surface area contributed by atoms with Gasteiger partial charge in [0, 0.05) is 41.1 Å². The van der Waals surface area contributed by atoms with Gasteiger partial charge in [-0.3, -0.25) is 0 Å². The van der Waals surface area contributed by atoms with Gasteiger partial charge in [-0.25, -0.2) is 22.6 Å². The van der Waals surface area contributed by atoms with E-state index in [4.69, 9.17) is 26.1 Å². The summed E-state index contributed by atoms with van der Waals surface area (Å²) in [4.78, 5) is 20.0. The highest BCUT2D eigenvalue weighted by atomic mass is 35.5. The van der Waals surface area contributed by atoms with Crippen molar-refractivity contribution >= 4 is 38.4 Å². The van der Waals surface area contributed by atoms with E-state index in [1.54, 1.807) is 75.1 Å². The van der Waals surface area contributed by atoms with Crippen LogP contribution in [0.4, 0.5) is 9.18 Å². The van der Waals surface area contributed by atoms with Crippen molar-refractivity contribution in [3.05, 3.63) is 99.8 Å². The fourth-order valence-corrected chi connectivity index (χ4v) is 7.18. The van der Waals surface area contributed by atoms with Crippen LogP contribution in [-0.2, 0) is 14.6 Å². The van der Waals surface area contributed by atoms with Crippen molar-refractivity contribution in [2.75, 3.05) is 19.9 Å². The molecular formula is C35H38ClFN2O6S.